The number of hydrazine groups is 1. The van der Waals surface area contributed by atoms with Crippen molar-refractivity contribution in [2.24, 2.45) is 11.3 Å². The minimum absolute atomic E-state index is 0.124. The van der Waals surface area contributed by atoms with Crippen molar-refractivity contribution >= 4 is 11.6 Å². The summed E-state index contributed by atoms with van der Waals surface area (Å²) in [6.07, 6.45) is 0.955. The first-order valence-corrected chi connectivity index (χ1v) is 5.50. The van der Waals surface area contributed by atoms with E-state index in [1.54, 1.807) is 0 Å². The maximum Gasteiger partial charge on any atom is 0.178 e. The van der Waals surface area contributed by atoms with Crippen LogP contribution in [0.25, 0.3) is 0 Å². The van der Waals surface area contributed by atoms with E-state index in [1.165, 1.54) is 0 Å². The smallest absolute Gasteiger partial charge is 0.178 e. The van der Waals surface area contributed by atoms with Gasteiger partial charge in [0.15, 0.2) is 23.3 Å². The molecule has 1 fully saturated rings. The molecule has 2 rings (SSSR count). The third kappa shape index (κ3) is 2.31. The zero-order chi connectivity index (χ0) is 12.6. The molecule has 4 nitrogen and oxygen atoms in total. The van der Waals surface area contributed by atoms with Gasteiger partial charge in [-0.3, -0.25) is 0 Å². The first kappa shape index (κ1) is 12.0. The summed E-state index contributed by atoms with van der Waals surface area (Å²) in [5.74, 6) is 3.71. The lowest BCUT2D eigenvalue weighted by Gasteiger charge is -2.21. The largest absolute Gasteiger partial charge is 0.354 e. The monoisotopic (exact) mass is 242 g/mol. The summed E-state index contributed by atoms with van der Waals surface area (Å²) in [7, 11) is 0. The Labute approximate surface area is 98.8 Å². The van der Waals surface area contributed by atoms with Crippen LogP contribution in [0.5, 0.6) is 0 Å². The fourth-order valence-electron chi connectivity index (χ4n) is 2.07. The average Bonchev–Trinajstić information content (AvgIpc) is 2.59. The van der Waals surface area contributed by atoms with Gasteiger partial charge in [-0.15, -0.1) is 0 Å². The number of anilines is 2. The molecule has 0 bridgehead atoms. The number of rotatable bonds is 2. The fraction of sp³-hybridized carbons (Fsp3) is 0.545. The predicted octanol–water partition coefficient (Wildman–Crippen LogP) is 1.88. The van der Waals surface area contributed by atoms with Gasteiger partial charge in [0.2, 0.25) is 0 Å². The number of hydrogen-bond donors (Lipinski definition) is 2. The highest BCUT2D eigenvalue weighted by Crippen LogP contribution is 2.33. The lowest BCUT2D eigenvalue weighted by molar-refractivity contribution is 0.418. The zero-order valence-corrected chi connectivity index (χ0v) is 9.93. The summed E-state index contributed by atoms with van der Waals surface area (Å²) in [4.78, 5) is 5.69. The molecule has 2 heterocycles. The molecule has 1 aromatic rings. The number of aromatic nitrogens is 1. The lowest BCUT2D eigenvalue weighted by Crippen LogP contribution is -2.25. The Morgan fingerprint density at radius 2 is 2.12 bits per heavy atom. The van der Waals surface area contributed by atoms with Crippen molar-refractivity contribution in [1.82, 2.24) is 4.98 Å². The van der Waals surface area contributed by atoms with Crippen LogP contribution in [0.1, 0.15) is 20.3 Å². The van der Waals surface area contributed by atoms with E-state index in [9.17, 15) is 8.78 Å². The van der Waals surface area contributed by atoms with Crippen molar-refractivity contribution in [3.05, 3.63) is 17.7 Å². The van der Waals surface area contributed by atoms with E-state index in [0.29, 0.717) is 13.1 Å². The molecular formula is C11H16F2N4. The molecule has 0 saturated carbocycles. The number of hydrogen-bond acceptors (Lipinski definition) is 4. The van der Waals surface area contributed by atoms with Crippen LogP contribution in [-0.2, 0) is 0 Å². The topological polar surface area (TPSA) is 54.2 Å². The highest BCUT2D eigenvalue weighted by atomic mass is 19.1. The summed E-state index contributed by atoms with van der Waals surface area (Å²) in [6.45, 7) is 5.63. The van der Waals surface area contributed by atoms with Crippen LogP contribution in [0.15, 0.2) is 6.07 Å². The summed E-state index contributed by atoms with van der Waals surface area (Å²) < 4.78 is 26.9. The lowest BCUT2D eigenvalue weighted by atomic mass is 9.93. The third-order valence-corrected chi connectivity index (χ3v) is 3.02. The molecule has 0 aliphatic carbocycles. The molecule has 6 heteroatoms. The maximum atomic E-state index is 13.7. The highest BCUT2D eigenvalue weighted by molar-refractivity contribution is 5.49. The first-order valence-electron chi connectivity index (χ1n) is 5.50. The van der Waals surface area contributed by atoms with Gasteiger partial charge in [-0.05, 0) is 11.8 Å². The van der Waals surface area contributed by atoms with Gasteiger partial charge in [-0.2, -0.15) is 0 Å². The number of halogens is 2. The van der Waals surface area contributed by atoms with Crippen LogP contribution in [0, 0.1) is 17.0 Å². The van der Waals surface area contributed by atoms with Crippen molar-refractivity contribution < 1.29 is 8.78 Å². The van der Waals surface area contributed by atoms with Gasteiger partial charge in [0.1, 0.15) is 0 Å². The molecule has 94 valence electrons. The normalized spacial score (nSPS) is 18.5. The number of nitrogen functional groups attached to an aromatic ring is 1. The van der Waals surface area contributed by atoms with Crippen LogP contribution in [0.2, 0.25) is 0 Å². The van der Waals surface area contributed by atoms with Crippen molar-refractivity contribution in [3.63, 3.8) is 0 Å². The van der Waals surface area contributed by atoms with Gasteiger partial charge in [-0.1, -0.05) is 13.8 Å². The van der Waals surface area contributed by atoms with E-state index in [2.05, 4.69) is 24.3 Å². The average molecular weight is 242 g/mol. The predicted molar refractivity (Wildman–Crippen MR) is 62.6 cm³/mol. The number of nitrogens with two attached hydrogens (primary N) is 1. The molecule has 1 aromatic heterocycles. The quantitative estimate of drug-likeness (QED) is 0.614. The van der Waals surface area contributed by atoms with Gasteiger partial charge in [0, 0.05) is 19.2 Å². The first-order chi connectivity index (χ1) is 7.93. The number of nitrogens with zero attached hydrogens (tertiary/aromatic N) is 2. The second-order valence-electron chi connectivity index (χ2n) is 5.10. The minimum atomic E-state index is -0.785. The molecule has 3 N–H and O–H groups in total. The van der Waals surface area contributed by atoms with Crippen LogP contribution in [-0.4, -0.2) is 18.1 Å². The number of nitrogens with one attached hydrogen (secondary N) is 1. The van der Waals surface area contributed by atoms with Gasteiger partial charge in [-0.25, -0.2) is 19.6 Å². The Kier molecular flexibility index (Phi) is 2.91. The number of pyridine rings is 1. The standard InChI is InChI=1S/C11H16F2N4/c1-11(2)3-4-17(6-11)10-8(13)5-7(12)9(15-10)16-14/h5H,3-4,6,14H2,1-2H3,(H,15,16). The Bertz CT molecular complexity index is 434. The SMILES string of the molecule is CC1(C)CCN(c2nc(NN)c(F)cc2F)C1. The van der Waals surface area contributed by atoms with Crippen molar-refractivity contribution in [2.75, 3.05) is 23.4 Å². The Morgan fingerprint density at radius 1 is 1.41 bits per heavy atom. The molecule has 1 aliphatic rings. The van der Waals surface area contributed by atoms with E-state index in [0.717, 1.165) is 12.5 Å². The third-order valence-electron chi connectivity index (χ3n) is 3.02. The van der Waals surface area contributed by atoms with Gasteiger partial charge in [0.05, 0.1) is 0 Å². The van der Waals surface area contributed by atoms with E-state index in [-0.39, 0.29) is 17.1 Å². The summed E-state index contributed by atoms with van der Waals surface area (Å²) >= 11 is 0. The molecule has 0 atom stereocenters. The molecule has 0 amide bonds. The van der Waals surface area contributed by atoms with Crippen molar-refractivity contribution in [2.45, 2.75) is 20.3 Å². The maximum absolute atomic E-state index is 13.7. The molecule has 0 aromatic carbocycles. The Balaban J connectivity index is 2.33. The van der Waals surface area contributed by atoms with E-state index in [1.807, 2.05) is 4.90 Å². The summed E-state index contributed by atoms with van der Waals surface area (Å²) in [5, 5.41) is 0. The molecular weight excluding hydrogens is 226 g/mol. The van der Waals surface area contributed by atoms with Crippen molar-refractivity contribution in [1.29, 1.82) is 0 Å². The van der Waals surface area contributed by atoms with E-state index < -0.39 is 11.6 Å². The summed E-state index contributed by atoms with van der Waals surface area (Å²) in [6, 6.07) is 0.808. The van der Waals surface area contributed by atoms with Crippen LogP contribution >= 0.6 is 0 Å². The van der Waals surface area contributed by atoms with E-state index in [4.69, 9.17) is 5.84 Å². The van der Waals surface area contributed by atoms with Crippen molar-refractivity contribution in [3.8, 4) is 0 Å². The molecule has 1 aliphatic heterocycles. The summed E-state index contributed by atoms with van der Waals surface area (Å²) in [5.41, 5.74) is 2.25. The van der Waals surface area contributed by atoms with Gasteiger partial charge < -0.3 is 10.3 Å². The second-order valence-corrected chi connectivity index (χ2v) is 5.10. The molecule has 0 radical (unpaired) electrons. The molecule has 1 saturated heterocycles. The second kappa shape index (κ2) is 4.10. The molecule has 0 unspecified atom stereocenters. The highest BCUT2D eigenvalue weighted by Gasteiger charge is 2.31. The van der Waals surface area contributed by atoms with Crippen LogP contribution in [0.3, 0.4) is 0 Å². The molecule has 0 spiro atoms. The fourth-order valence-corrected chi connectivity index (χ4v) is 2.07. The molecule has 17 heavy (non-hydrogen) atoms. The van der Waals surface area contributed by atoms with E-state index >= 15 is 0 Å². The Morgan fingerprint density at radius 3 is 2.65 bits per heavy atom. The zero-order valence-electron chi connectivity index (χ0n) is 9.93. The van der Waals surface area contributed by atoms with Gasteiger partial charge >= 0.3 is 0 Å². The van der Waals surface area contributed by atoms with Gasteiger partial charge in [0.25, 0.3) is 0 Å². The minimum Gasteiger partial charge on any atom is -0.354 e. The van der Waals surface area contributed by atoms with Crippen LogP contribution < -0.4 is 16.2 Å². The Hall–Kier alpha value is -1.43. The van der Waals surface area contributed by atoms with Crippen LogP contribution in [0.4, 0.5) is 20.4 Å².